The third kappa shape index (κ3) is 2.87. The molecule has 1 aromatic heterocycles. The summed E-state index contributed by atoms with van der Waals surface area (Å²) in [5.74, 6) is 0.514. The summed E-state index contributed by atoms with van der Waals surface area (Å²) < 4.78 is 6.65. The molecule has 4 nitrogen and oxygen atoms in total. The fourth-order valence-corrected chi connectivity index (χ4v) is 3.86. The van der Waals surface area contributed by atoms with Gasteiger partial charge in [0, 0.05) is 5.56 Å². The Balaban J connectivity index is 2.00. The Morgan fingerprint density at radius 3 is 2.86 bits per heavy atom. The Labute approximate surface area is 136 Å². The highest BCUT2D eigenvalue weighted by atomic mass is 35.5. The lowest BCUT2D eigenvalue weighted by atomic mass is 10.0. The van der Waals surface area contributed by atoms with Crippen molar-refractivity contribution in [1.29, 1.82) is 0 Å². The number of benzene rings is 1. The average Bonchev–Trinajstić information content (AvgIpc) is 2.78. The molecule has 1 aromatic carbocycles. The van der Waals surface area contributed by atoms with Crippen molar-refractivity contribution < 1.29 is 9.53 Å². The summed E-state index contributed by atoms with van der Waals surface area (Å²) in [5, 5.41) is 6.02. The van der Waals surface area contributed by atoms with Gasteiger partial charge in [0.15, 0.2) is 6.61 Å². The molecule has 2 heterocycles. The van der Waals surface area contributed by atoms with Gasteiger partial charge in [-0.1, -0.05) is 29.3 Å². The van der Waals surface area contributed by atoms with Crippen molar-refractivity contribution in [3.8, 4) is 5.75 Å². The number of ether oxygens (including phenoxy) is 1. The fourth-order valence-electron chi connectivity index (χ4n) is 2.33. The van der Waals surface area contributed by atoms with Crippen LogP contribution >= 0.6 is 34.5 Å². The van der Waals surface area contributed by atoms with E-state index in [1.54, 1.807) is 0 Å². The van der Waals surface area contributed by atoms with Gasteiger partial charge in [-0.3, -0.25) is 4.79 Å². The van der Waals surface area contributed by atoms with Gasteiger partial charge in [-0.2, -0.15) is 0 Å². The molecule has 2 N–H and O–H groups in total. The molecule has 0 bridgehead atoms. The Morgan fingerprint density at radius 1 is 1.38 bits per heavy atom. The molecule has 21 heavy (non-hydrogen) atoms. The minimum Gasteiger partial charge on any atom is -0.482 e. The molecule has 0 radical (unpaired) electrons. The first-order valence-corrected chi connectivity index (χ1v) is 7.84. The number of thiophene rings is 1. The van der Waals surface area contributed by atoms with Crippen molar-refractivity contribution in [2.75, 3.05) is 19.0 Å². The lowest BCUT2D eigenvalue weighted by Crippen LogP contribution is -2.26. The monoisotopic (exact) mass is 342 g/mol. The number of amides is 1. The maximum absolute atomic E-state index is 11.4. The Bertz CT molecular complexity index is 702. The number of hydrogen-bond donors (Lipinski definition) is 2. The van der Waals surface area contributed by atoms with Crippen LogP contribution in [-0.2, 0) is 4.79 Å². The highest BCUT2D eigenvalue weighted by Crippen LogP contribution is 2.39. The summed E-state index contributed by atoms with van der Waals surface area (Å²) in [7, 11) is 1.85. The minimum atomic E-state index is -0.155. The number of carbonyl (C=O) groups is 1. The van der Waals surface area contributed by atoms with Gasteiger partial charge in [0.2, 0.25) is 0 Å². The van der Waals surface area contributed by atoms with Crippen molar-refractivity contribution in [2.24, 2.45) is 0 Å². The van der Waals surface area contributed by atoms with E-state index in [9.17, 15) is 4.79 Å². The molecule has 0 fully saturated rings. The summed E-state index contributed by atoms with van der Waals surface area (Å²) in [6.07, 6.45) is 0. The lowest BCUT2D eigenvalue weighted by Gasteiger charge is -2.22. The summed E-state index contributed by atoms with van der Waals surface area (Å²) in [6.45, 7) is 0.0494. The van der Waals surface area contributed by atoms with Crippen LogP contribution in [0.25, 0.3) is 0 Å². The van der Waals surface area contributed by atoms with Crippen LogP contribution in [0.1, 0.15) is 17.2 Å². The maximum Gasteiger partial charge on any atom is 0.262 e. The van der Waals surface area contributed by atoms with Gasteiger partial charge in [-0.15, -0.1) is 11.3 Å². The summed E-state index contributed by atoms with van der Waals surface area (Å²) in [6, 6.07) is 7.42. The predicted molar refractivity (Wildman–Crippen MR) is 85.8 cm³/mol. The van der Waals surface area contributed by atoms with Crippen molar-refractivity contribution >= 4 is 46.1 Å². The van der Waals surface area contributed by atoms with Gasteiger partial charge >= 0.3 is 0 Å². The molecule has 1 amide bonds. The maximum atomic E-state index is 11.4. The van der Waals surface area contributed by atoms with Crippen LogP contribution in [-0.4, -0.2) is 19.6 Å². The first kappa shape index (κ1) is 14.7. The van der Waals surface area contributed by atoms with E-state index in [4.69, 9.17) is 27.9 Å². The highest BCUT2D eigenvalue weighted by Gasteiger charge is 2.21. The minimum absolute atomic E-state index is 0.0494. The molecular weight excluding hydrogens is 331 g/mol. The molecule has 0 saturated carbocycles. The second-order valence-electron chi connectivity index (χ2n) is 4.59. The zero-order valence-corrected chi connectivity index (χ0v) is 13.4. The van der Waals surface area contributed by atoms with E-state index in [0.717, 1.165) is 11.1 Å². The van der Waals surface area contributed by atoms with E-state index in [-0.39, 0.29) is 18.6 Å². The topological polar surface area (TPSA) is 50.4 Å². The van der Waals surface area contributed by atoms with Crippen LogP contribution in [0.2, 0.25) is 8.67 Å². The third-order valence-electron chi connectivity index (χ3n) is 3.25. The quantitative estimate of drug-likeness (QED) is 0.894. The Kier molecular flexibility index (Phi) is 4.08. The van der Waals surface area contributed by atoms with Crippen LogP contribution < -0.4 is 15.4 Å². The molecule has 2 aromatic rings. The van der Waals surface area contributed by atoms with E-state index in [1.165, 1.54) is 11.3 Å². The van der Waals surface area contributed by atoms with Crippen molar-refractivity contribution in [2.45, 2.75) is 6.04 Å². The van der Waals surface area contributed by atoms with Gasteiger partial charge in [0.25, 0.3) is 5.91 Å². The largest absolute Gasteiger partial charge is 0.482 e. The van der Waals surface area contributed by atoms with E-state index >= 15 is 0 Å². The number of fused-ring (bicyclic) bond motifs is 1. The number of halogens is 2. The molecule has 0 saturated heterocycles. The smallest absolute Gasteiger partial charge is 0.262 e. The fraction of sp³-hybridized carbons (Fsp3) is 0.214. The third-order valence-corrected chi connectivity index (χ3v) is 4.77. The van der Waals surface area contributed by atoms with E-state index in [2.05, 4.69) is 10.6 Å². The van der Waals surface area contributed by atoms with Crippen LogP contribution in [0.3, 0.4) is 0 Å². The van der Waals surface area contributed by atoms with E-state index in [1.807, 2.05) is 31.3 Å². The second kappa shape index (κ2) is 5.85. The Morgan fingerprint density at radius 2 is 2.19 bits per heavy atom. The summed E-state index contributed by atoms with van der Waals surface area (Å²) >= 11 is 13.6. The summed E-state index contributed by atoms with van der Waals surface area (Å²) in [4.78, 5) is 11.4. The molecule has 1 unspecified atom stereocenters. The van der Waals surface area contributed by atoms with Gasteiger partial charge in [0.1, 0.15) is 5.75 Å². The number of rotatable bonds is 3. The predicted octanol–water partition coefficient (Wildman–Crippen LogP) is 3.69. The zero-order valence-electron chi connectivity index (χ0n) is 11.1. The van der Waals surface area contributed by atoms with Crippen LogP contribution in [0.5, 0.6) is 5.75 Å². The van der Waals surface area contributed by atoms with Crippen molar-refractivity contribution in [3.05, 3.63) is 44.1 Å². The molecule has 7 heteroatoms. The normalized spacial score (nSPS) is 15.1. The molecule has 110 valence electrons. The van der Waals surface area contributed by atoms with Crippen LogP contribution in [0, 0.1) is 0 Å². The molecule has 3 rings (SSSR count). The zero-order chi connectivity index (χ0) is 15.0. The number of carbonyl (C=O) groups excluding carboxylic acids is 1. The molecule has 1 aliphatic heterocycles. The van der Waals surface area contributed by atoms with Crippen molar-refractivity contribution in [3.63, 3.8) is 0 Å². The standard InChI is InChI=1S/C14H12Cl2N2O2S/c1-17-13(8-5-11(15)21-14(8)16)7-2-3-10-9(4-7)18-12(19)6-20-10/h2-5,13,17H,6H2,1H3,(H,18,19). The van der Waals surface area contributed by atoms with Gasteiger partial charge in [0.05, 0.1) is 20.4 Å². The lowest BCUT2D eigenvalue weighted by molar-refractivity contribution is -0.118. The van der Waals surface area contributed by atoms with Gasteiger partial charge in [-0.25, -0.2) is 0 Å². The number of hydrogen-bond acceptors (Lipinski definition) is 4. The highest BCUT2D eigenvalue weighted by molar-refractivity contribution is 7.20. The van der Waals surface area contributed by atoms with Gasteiger partial charge in [-0.05, 0) is 30.8 Å². The van der Waals surface area contributed by atoms with Crippen LogP contribution in [0.15, 0.2) is 24.3 Å². The summed E-state index contributed by atoms with van der Waals surface area (Å²) in [5.41, 5.74) is 2.55. The molecule has 0 spiro atoms. The van der Waals surface area contributed by atoms with Crippen LogP contribution in [0.4, 0.5) is 5.69 Å². The van der Waals surface area contributed by atoms with E-state index < -0.39 is 0 Å². The average molecular weight is 343 g/mol. The first-order chi connectivity index (χ1) is 10.1. The first-order valence-electron chi connectivity index (χ1n) is 6.27. The Hall–Kier alpha value is -1.27. The van der Waals surface area contributed by atoms with E-state index in [0.29, 0.717) is 20.1 Å². The molecule has 1 aliphatic rings. The second-order valence-corrected chi connectivity index (χ2v) is 6.88. The molecular formula is C14H12Cl2N2O2S. The number of nitrogens with one attached hydrogen (secondary N) is 2. The number of anilines is 1. The van der Waals surface area contributed by atoms with Gasteiger partial charge < -0.3 is 15.4 Å². The van der Waals surface area contributed by atoms with Crippen molar-refractivity contribution in [1.82, 2.24) is 5.32 Å². The SMILES string of the molecule is CNC(c1ccc2c(c1)NC(=O)CO2)c1cc(Cl)sc1Cl. The molecule has 1 atom stereocenters. The molecule has 0 aliphatic carbocycles.